The van der Waals surface area contributed by atoms with Crippen LogP contribution in [0.25, 0.3) is 0 Å². The van der Waals surface area contributed by atoms with Crippen molar-refractivity contribution in [1.29, 1.82) is 0 Å². The second kappa shape index (κ2) is 7.82. The minimum absolute atomic E-state index is 0.0398. The Morgan fingerprint density at radius 2 is 2.04 bits per heavy atom. The molecule has 23 heavy (non-hydrogen) atoms. The highest BCUT2D eigenvalue weighted by Crippen LogP contribution is 2.30. The summed E-state index contributed by atoms with van der Waals surface area (Å²) in [6.45, 7) is 7.52. The third-order valence-corrected chi connectivity index (χ3v) is 4.44. The van der Waals surface area contributed by atoms with Gasteiger partial charge in [0, 0.05) is 12.0 Å². The van der Waals surface area contributed by atoms with Gasteiger partial charge >= 0.3 is 0 Å². The van der Waals surface area contributed by atoms with Gasteiger partial charge in [-0.2, -0.15) is 0 Å². The molecule has 4 nitrogen and oxygen atoms in total. The zero-order chi connectivity index (χ0) is 16.9. The Morgan fingerprint density at radius 3 is 2.74 bits per heavy atom. The second-order valence-electron chi connectivity index (χ2n) is 7.51. The van der Waals surface area contributed by atoms with Gasteiger partial charge in [0.1, 0.15) is 12.4 Å². The van der Waals surface area contributed by atoms with Crippen LogP contribution >= 0.6 is 0 Å². The van der Waals surface area contributed by atoms with Crippen molar-refractivity contribution in [1.82, 2.24) is 5.32 Å². The number of benzene rings is 1. The van der Waals surface area contributed by atoms with Crippen molar-refractivity contribution in [3.63, 3.8) is 0 Å². The smallest absolute Gasteiger partial charge is 0.223 e. The number of rotatable bonds is 5. The van der Waals surface area contributed by atoms with Crippen LogP contribution in [0.15, 0.2) is 24.3 Å². The van der Waals surface area contributed by atoms with Gasteiger partial charge < -0.3 is 15.8 Å². The van der Waals surface area contributed by atoms with E-state index in [1.165, 1.54) is 5.56 Å². The predicted octanol–water partition coefficient (Wildman–Crippen LogP) is 3.00. The predicted molar refractivity (Wildman–Crippen MR) is 93.6 cm³/mol. The lowest BCUT2D eigenvalue weighted by Crippen LogP contribution is -2.39. The van der Waals surface area contributed by atoms with Crippen LogP contribution in [0, 0.1) is 5.92 Å². The highest BCUT2D eigenvalue weighted by atomic mass is 16.5. The van der Waals surface area contributed by atoms with Crippen molar-refractivity contribution in [2.45, 2.75) is 57.9 Å². The van der Waals surface area contributed by atoms with Crippen LogP contribution in [0.5, 0.6) is 5.75 Å². The number of amides is 1. The van der Waals surface area contributed by atoms with Crippen molar-refractivity contribution >= 4 is 5.91 Å². The van der Waals surface area contributed by atoms with E-state index in [1.54, 1.807) is 0 Å². The van der Waals surface area contributed by atoms with Crippen LogP contribution in [-0.4, -0.2) is 25.1 Å². The monoisotopic (exact) mass is 318 g/mol. The molecule has 2 rings (SSSR count). The van der Waals surface area contributed by atoms with E-state index < -0.39 is 0 Å². The summed E-state index contributed by atoms with van der Waals surface area (Å²) in [5.74, 6) is 1.09. The van der Waals surface area contributed by atoms with E-state index in [0.29, 0.717) is 13.2 Å². The van der Waals surface area contributed by atoms with E-state index in [0.717, 1.165) is 31.4 Å². The maximum atomic E-state index is 12.2. The van der Waals surface area contributed by atoms with Crippen molar-refractivity contribution in [3.8, 4) is 5.75 Å². The Kier molecular flexibility index (Phi) is 6.05. The first kappa shape index (κ1) is 17.8. The first-order valence-electron chi connectivity index (χ1n) is 8.63. The third-order valence-electron chi connectivity index (χ3n) is 4.44. The van der Waals surface area contributed by atoms with Gasteiger partial charge in [0.05, 0.1) is 6.54 Å². The SMILES string of the molecule is CC(C)(C)c1ccccc1OCCNC(=O)C1CCCC(N)C1. The summed E-state index contributed by atoms with van der Waals surface area (Å²) < 4.78 is 5.88. The number of nitrogens with one attached hydrogen (secondary N) is 1. The lowest BCUT2D eigenvalue weighted by atomic mass is 9.85. The lowest BCUT2D eigenvalue weighted by molar-refractivity contribution is -0.126. The molecular formula is C19H30N2O2. The molecule has 0 spiro atoms. The third kappa shape index (κ3) is 5.24. The van der Waals surface area contributed by atoms with Crippen LogP contribution in [0.1, 0.15) is 52.0 Å². The molecule has 0 saturated heterocycles. The molecule has 1 saturated carbocycles. The average molecular weight is 318 g/mol. The molecule has 0 aromatic heterocycles. The first-order chi connectivity index (χ1) is 10.9. The zero-order valence-corrected chi connectivity index (χ0v) is 14.6. The van der Waals surface area contributed by atoms with E-state index in [2.05, 4.69) is 32.2 Å². The highest BCUT2D eigenvalue weighted by Gasteiger charge is 2.25. The van der Waals surface area contributed by atoms with Gasteiger partial charge in [0.2, 0.25) is 5.91 Å². The molecular weight excluding hydrogens is 288 g/mol. The standard InChI is InChI=1S/C19H30N2O2/c1-19(2,3)16-9-4-5-10-17(16)23-12-11-21-18(22)14-7-6-8-15(20)13-14/h4-5,9-10,14-15H,6-8,11-13,20H2,1-3H3,(H,21,22). The topological polar surface area (TPSA) is 64.3 Å². The minimum atomic E-state index is 0.0398. The Morgan fingerprint density at radius 1 is 1.30 bits per heavy atom. The molecule has 3 N–H and O–H groups in total. The number of hydrogen-bond donors (Lipinski definition) is 2. The number of para-hydroxylation sites is 1. The normalized spacial score (nSPS) is 21.7. The highest BCUT2D eigenvalue weighted by molar-refractivity contribution is 5.78. The molecule has 1 aromatic rings. The van der Waals surface area contributed by atoms with E-state index in [1.807, 2.05) is 18.2 Å². The van der Waals surface area contributed by atoms with Gasteiger partial charge in [-0.3, -0.25) is 4.79 Å². The molecule has 0 heterocycles. The molecule has 2 unspecified atom stereocenters. The number of ether oxygens (including phenoxy) is 1. The quantitative estimate of drug-likeness (QED) is 0.820. The van der Waals surface area contributed by atoms with Gasteiger partial charge in [0.15, 0.2) is 0 Å². The second-order valence-corrected chi connectivity index (χ2v) is 7.51. The molecule has 1 aliphatic rings. The molecule has 0 bridgehead atoms. The fourth-order valence-corrected chi connectivity index (χ4v) is 3.16. The van der Waals surface area contributed by atoms with E-state index >= 15 is 0 Å². The molecule has 0 radical (unpaired) electrons. The molecule has 1 amide bonds. The van der Waals surface area contributed by atoms with Crippen molar-refractivity contribution in [2.75, 3.05) is 13.2 Å². The molecule has 4 heteroatoms. The lowest BCUT2D eigenvalue weighted by Gasteiger charge is -2.26. The Balaban J connectivity index is 1.79. The number of nitrogens with two attached hydrogens (primary N) is 1. The van der Waals surface area contributed by atoms with Crippen LogP contribution in [0.2, 0.25) is 0 Å². The summed E-state index contributed by atoms with van der Waals surface area (Å²) in [6, 6.07) is 8.27. The first-order valence-corrected chi connectivity index (χ1v) is 8.63. The summed E-state index contributed by atoms with van der Waals surface area (Å²) in [5, 5.41) is 2.98. The van der Waals surface area contributed by atoms with Gasteiger partial charge in [-0.05, 0) is 36.3 Å². The van der Waals surface area contributed by atoms with Gasteiger partial charge in [0.25, 0.3) is 0 Å². The Bertz CT molecular complexity index is 522. The fourth-order valence-electron chi connectivity index (χ4n) is 3.16. The molecule has 1 aliphatic carbocycles. The molecule has 0 aliphatic heterocycles. The maximum Gasteiger partial charge on any atom is 0.223 e. The number of carbonyl (C=O) groups is 1. The average Bonchev–Trinajstić information content (AvgIpc) is 2.51. The maximum absolute atomic E-state index is 12.2. The summed E-state index contributed by atoms with van der Waals surface area (Å²) in [6.07, 6.45) is 3.85. The molecule has 128 valence electrons. The number of carbonyl (C=O) groups excluding carboxylic acids is 1. The van der Waals surface area contributed by atoms with E-state index in [-0.39, 0.29) is 23.3 Å². The van der Waals surface area contributed by atoms with Crippen LogP contribution in [0.3, 0.4) is 0 Å². The Hall–Kier alpha value is -1.55. The molecule has 1 fully saturated rings. The molecule has 2 atom stereocenters. The van der Waals surface area contributed by atoms with Crippen LogP contribution in [-0.2, 0) is 10.2 Å². The van der Waals surface area contributed by atoms with Crippen molar-refractivity contribution < 1.29 is 9.53 Å². The van der Waals surface area contributed by atoms with E-state index in [4.69, 9.17) is 10.5 Å². The van der Waals surface area contributed by atoms with Gasteiger partial charge in [-0.1, -0.05) is 45.4 Å². The van der Waals surface area contributed by atoms with Crippen molar-refractivity contribution in [2.24, 2.45) is 11.7 Å². The van der Waals surface area contributed by atoms with E-state index in [9.17, 15) is 4.79 Å². The summed E-state index contributed by atoms with van der Waals surface area (Å²) in [7, 11) is 0. The fraction of sp³-hybridized carbons (Fsp3) is 0.632. The minimum Gasteiger partial charge on any atom is -0.491 e. The summed E-state index contributed by atoms with van der Waals surface area (Å²) >= 11 is 0. The van der Waals surface area contributed by atoms with Gasteiger partial charge in [-0.15, -0.1) is 0 Å². The number of hydrogen-bond acceptors (Lipinski definition) is 3. The van der Waals surface area contributed by atoms with Crippen molar-refractivity contribution in [3.05, 3.63) is 29.8 Å². The molecule has 1 aromatic carbocycles. The summed E-state index contributed by atoms with van der Waals surface area (Å²) in [5.41, 5.74) is 7.17. The van der Waals surface area contributed by atoms with Gasteiger partial charge in [-0.25, -0.2) is 0 Å². The Labute approximate surface area is 139 Å². The largest absolute Gasteiger partial charge is 0.491 e. The van der Waals surface area contributed by atoms with Crippen LogP contribution in [0.4, 0.5) is 0 Å². The summed E-state index contributed by atoms with van der Waals surface area (Å²) in [4.78, 5) is 12.2. The van der Waals surface area contributed by atoms with Crippen LogP contribution < -0.4 is 15.8 Å². The zero-order valence-electron chi connectivity index (χ0n) is 14.6.